The maximum atomic E-state index is 12.6. The van der Waals surface area contributed by atoms with Crippen molar-refractivity contribution >= 4 is 11.9 Å². The van der Waals surface area contributed by atoms with Crippen LogP contribution in [0, 0.1) is 6.92 Å². The summed E-state index contributed by atoms with van der Waals surface area (Å²) < 4.78 is 11.1. The van der Waals surface area contributed by atoms with E-state index in [1.54, 1.807) is 18.9 Å². The molecule has 2 heterocycles. The van der Waals surface area contributed by atoms with Gasteiger partial charge >= 0.3 is 5.97 Å². The van der Waals surface area contributed by atoms with Gasteiger partial charge in [-0.2, -0.15) is 0 Å². The highest BCUT2D eigenvalue weighted by atomic mass is 16.5. The smallest absolute Gasteiger partial charge is 0.339 e. The van der Waals surface area contributed by atoms with Gasteiger partial charge in [0.2, 0.25) is 5.91 Å². The molecule has 1 unspecified atom stereocenters. The minimum absolute atomic E-state index is 0.00682. The molecule has 1 aliphatic heterocycles. The van der Waals surface area contributed by atoms with E-state index in [1.807, 2.05) is 24.3 Å². The van der Waals surface area contributed by atoms with Gasteiger partial charge in [-0.05, 0) is 37.0 Å². The van der Waals surface area contributed by atoms with Crippen molar-refractivity contribution in [3.8, 4) is 5.75 Å². The van der Waals surface area contributed by atoms with Gasteiger partial charge in [-0.25, -0.2) is 4.79 Å². The van der Waals surface area contributed by atoms with Crippen LogP contribution in [-0.4, -0.2) is 35.5 Å². The van der Waals surface area contributed by atoms with Crippen molar-refractivity contribution in [1.82, 2.24) is 4.90 Å². The van der Waals surface area contributed by atoms with Crippen LogP contribution in [0.3, 0.4) is 0 Å². The van der Waals surface area contributed by atoms with Crippen LogP contribution in [0.1, 0.15) is 46.2 Å². The highest BCUT2D eigenvalue weighted by molar-refractivity contribution is 5.88. The summed E-state index contributed by atoms with van der Waals surface area (Å²) in [6, 6.07) is 9.28. The number of aryl methyl sites for hydroxylation is 1. The Bertz CT molecular complexity index is 795. The predicted molar refractivity (Wildman–Crippen MR) is 90.8 cm³/mol. The fourth-order valence-electron chi connectivity index (χ4n) is 3.15. The molecule has 0 radical (unpaired) electrons. The second-order valence-corrected chi connectivity index (χ2v) is 6.31. The second-order valence-electron chi connectivity index (χ2n) is 6.31. The van der Waals surface area contributed by atoms with E-state index < -0.39 is 5.97 Å². The van der Waals surface area contributed by atoms with Crippen LogP contribution in [0.2, 0.25) is 0 Å². The Morgan fingerprint density at radius 2 is 2.08 bits per heavy atom. The van der Waals surface area contributed by atoms with Gasteiger partial charge in [0.15, 0.2) is 0 Å². The van der Waals surface area contributed by atoms with Gasteiger partial charge < -0.3 is 19.2 Å². The van der Waals surface area contributed by atoms with E-state index in [4.69, 9.17) is 14.3 Å². The molecule has 0 bridgehead atoms. The van der Waals surface area contributed by atoms with Crippen LogP contribution >= 0.6 is 0 Å². The van der Waals surface area contributed by atoms with E-state index in [-0.39, 0.29) is 23.9 Å². The lowest BCUT2D eigenvalue weighted by Crippen LogP contribution is -2.28. The summed E-state index contributed by atoms with van der Waals surface area (Å²) in [5, 5.41) is 9.08. The fraction of sp³-hybridized carbons (Fsp3) is 0.368. The van der Waals surface area contributed by atoms with E-state index >= 15 is 0 Å². The Labute approximate surface area is 146 Å². The number of amides is 1. The van der Waals surface area contributed by atoms with Crippen molar-refractivity contribution < 1.29 is 23.8 Å². The number of furan rings is 1. The van der Waals surface area contributed by atoms with Gasteiger partial charge in [-0.1, -0.05) is 18.2 Å². The first-order valence-corrected chi connectivity index (χ1v) is 8.24. The van der Waals surface area contributed by atoms with Crippen LogP contribution in [0.15, 0.2) is 34.7 Å². The summed E-state index contributed by atoms with van der Waals surface area (Å²) in [6.45, 7) is 2.46. The van der Waals surface area contributed by atoms with Crippen molar-refractivity contribution in [2.45, 2.75) is 32.2 Å². The lowest BCUT2D eigenvalue weighted by atomic mass is 9.90. The van der Waals surface area contributed by atoms with Crippen molar-refractivity contribution in [3.63, 3.8) is 0 Å². The quantitative estimate of drug-likeness (QED) is 0.902. The summed E-state index contributed by atoms with van der Waals surface area (Å²) in [4.78, 5) is 25.2. The minimum Gasteiger partial charge on any atom is -0.493 e. The molecular weight excluding hydrogens is 322 g/mol. The van der Waals surface area contributed by atoms with Crippen molar-refractivity contribution in [2.24, 2.45) is 0 Å². The largest absolute Gasteiger partial charge is 0.493 e. The molecule has 25 heavy (non-hydrogen) atoms. The van der Waals surface area contributed by atoms with Gasteiger partial charge in [0.05, 0.1) is 13.2 Å². The number of carbonyl (C=O) groups excluding carboxylic acids is 1. The molecule has 0 saturated heterocycles. The van der Waals surface area contributed by atoms with Gasteiger partial charge in [0.1, 0.15) is 22.8 Å². The average molecular weight is 343 g/mol. The third-order valence-electron chi connectivity index (χ3n) is 4.52. The van der Waals surface area contributed by atoms with E-state index in [1.165, 1.54) is 6.07 Å². The summed E-state index contributed by atoms with van der Waals surface area (Å²) in [7, 11) is 1.70. The van der Waals surface area contributed by atoms with Crippen LogP contribution in [0.25, 0.3) is 0 Å². The number of nitrogens with zero attached hydrogens (tertiary/aromatic N) is 1. The lowest BCUT2D eigenvalue weighted by Gasteiger charge is -2.27. The van der Waals surface area contributed by atoms with E-state index in [9.17, 15) is 9.59 Å². The van der Waals surface area contributed by atoms with Gasteiger partial charge in [0.25, 0.3) is 0 Å². The van der Waals surface area contributed by atoms with Gasteiger partial charge in [-0.3, -0.25) is 4.79 Å². The molecule has 1 N–H and O–H groups in total. The van der Waals surface area contributed by atoms with E-state index in [0.717, 1.165) is 17.7 Å². The standard InChI is InChI=1S/C19H21NO5/c1-12-16(19(22)23)10-14(25-12)11-20(2)18(21)9-13-7-8-24-17-6-4-3-5-15(13)17/h3-6,10,13H,7-9,11H2,1-2H3,(H,22,23). The number of carboxylic acids is 1. The Kier molecular flexibility index (Phi) is 4.79. The molecule has 132 valence electrons. The molecule has 1 aliphatic rings. The fourth-order valence-corrected chi connectivity index (χ4v) is 3.15. The summed E-state index contributed by atoms with van der Waals surface area (Å²) in [6.07, 6.45) is 1.20. The number of ether oxygens (including phenoxy) is 1. The molecule has 0 fully saturated rings. The summed E-state index contributed by atoms with van der Waals surface area (Å²) in [5.74, 6) is 0.766. The first-order chi connectivity index (χ1) is 12.0. The number of rotatable bonds is 5. The molecule has 6 nitrogen and oxygen atoms in total. The van der Waals surface area contributed by atoms with Gasteiger partial charge in [-0.15, -0.1) is 0 Å². The Morgan fingerprint density at radius 1 is 1.32 bits per heavy atom. The van der Waals surface area contributed by atoms with Gasteiger partial charge in [0, 0.05) is 13.5 Å². The molecular formula is C19H21NO5. The maximum absolute atomic E-state index is 12.6. The number of para-hydroxylation sites is 1. The molecule has 2 aromatic rings. The number of benzene rings is 1. The zero-order valence-electron chi connectivity index (χ0n) is 14.3. The SMILES string of the molecule is Cc1oc(CN(C)C(=O)CC2CCOc3ccccc32)cc1C(=O)O. The lowest BCUT2D eigenvalue weighted by molar-refractivity contribution is -0.131. The molecule has 1 amide bonds. The maximum Gasteiger partial charge on any atom is 0.339 e. The van der Waals surface area contributed by atoms with Crippen molar-refractivity contribution in [3.05, 3.63) is 53.0 Å². The van der Waals surface area contributed by atoms with Crippen LogP contribution in [-0.2, 0) is 11.3 Å². The number of carboxylic acid groups (broad SMARTS) is 1. The zero-order valence-corrected chi connectivity index (χ0v) is 14.3. The Balaban J connectivity index is 1.66. The summed E-state index contributed by atoms with van der Waals surface area (Å²) >= 11 is 0. The molecule has 6 heteroatoms. The number of hydrogen-bond acceptors (Lipinski definition) is 4. The van der Waals surface area contributed by atoms with E-state index in [0.29, 0.717) is 24.5 Å². The van der Waals surface area contributed by atoms with Crippen LogP contribution in [0.4, 0.5) is 0 Å². The second kappa shape index (κ2) is 7.01. The minimum atomic E-state index is -1.03. The summed E-state index contributed by atoms with van der Waals surface area (Å²) in [5.41, 5.74) is 1.20. The molecule has 3 rings (SSSR count). The monoisotopic (exact) mass is 343 g/mol. The average Bonchev–Trinajstić information content (AvgIpc) is 2.95. The third kappa shape index (κ3) is 3.68. The molecule has 0 spiro atoms. The Morgan fingerprint density at radius 3 is 2.80 bits per heavy atom. The molecule has 1 aromatic carbocycles. The molecule has 1 atom stereocenters. The van der Waals surface area contributed by atoms with Crippen molar-refractivity contribution in [1.29, 1.82) is 0 Å². The highest BCUT2D eigenvalue weighted by Gasteiger charge is 2.25. The number of carbonyl (C=O) groups is 2. The zero-order chi connectivity index (χ0) is 18.0. The third-order valence-corrected chi connectivity index (χ3v) is 4.52. The molecule has 0 saturated carbocycles. The van der Waals surface area contributed by atoms with Crippen molar-refractivity contribution in [2.75, 3.05) is 13.7 Å². The number of fused-ring (bicyclic) bond motifs is 1. The molecule has 1 aromatic heterocycles. The predicted octanol–water partition coefficient (Wildman–Crippen LogP) is 3.20. The first-order valence-electron chi connectivity index (χ1n) is 8.24. The topological polar surface area (TPSA) is 80.0 Å². The Hall–Kier alpha value is -2.76. The number of aromatic carboxylic acids is 1. The van der Waals surface area contributed by atoms with E-state index in [2.05, 4.69) is 0 Å². The van der Waals surface area contributed by atoms with Crippen LogP contribution in [0.5, 0.6) is 5.75 Å². The first kappa shape index (κ1) is 17.1. The number of hydrogen-bond donors (Lipinski definition) is 1. The van der Waals surface area contributed by atoms with Crippen LogP contribution < -0.4 is 4.74 Å². The molecule has 0 aliphatic carbocycles. The highest BCUT2D eigenvalue weighted by Crippen LogP contribution is 2.35. The normalized spacial score (nSPS) is 16.0.